The lowest BCUT2D eigenvalue weighted by Crippen LogP contribution is -2.44. The van der Waals surface area contributed by atoms with Crippen LogP contribution in [0.2, 0.25) is 5.02 Å². The highest BCUT2D eigenvalue weighted by Crippen LogP contribution is 2.20. The highest BCUT2D eigenvalue weighted by atomic mass is 35.5. The molecule has 13 heteroatoms. The zero-order valence-electron chi connectivity index (χ0n) is 24.9. The van der Waals surface area contributed by atoms with E-state index in [1.165, 1.54) is 35.8 Å². The number of amides is 1. The minimum atomic E-state index is -1.37. The summed E-state index contributed by atoms with van der Waals surface area (Å²) in [5.41, 5.74) is 0.570. The molecule has 1 aromatic heterocycles. The third kappa shape index (κ3) is 7.13. The monoisotopic (exact) mass is 636 g/mol. The van der Waals surface area contributed by atoms with E-state index in [0.717, 1.165) is 16.3 Å². The Hall–Kier alpha value is -5.23. The van der Waals surface area contributed by atoms with E-state index in [4.69, 9.17) is 21.1 Å². The van der Waals surface area contributed by atoms with E-state index < -0.39 is 53.3 Å². The standard InChI is InChI=1S/C32H30ClFN4O7/c1-18(2)30(41)44-17-45-31(42)25(35-28(39)27-23(33)7-6-8-24(27)34)15-19-9-11-20(12-10-19)38-29(40)22-16-21(36(3)4)13-14-26(22)37(5)32(38)43/h6-14,16,25H,1,15,17H2,2-5H3,(H,35,39)/t25-/m0/s1. The largest absolute Gasteiger partial charge is 0.426 e. The number of halogens is 2. The number of anilines is 1. The summed E-state index contributed by atoms with van der Waals surface area (Å²) in [5.74, 6) is -3.64. The minimum Gasteiger partial charge on any atom is -0.426 e. The van der Waals surface area contributed by atoms with Crippen molar-refractivity contribution in [1.82, 2.24) is 14.5 Å². The fourth-order valence-electron chi connectivity index (χ4n) is 4.47. The predicted octanol–water partition coefficient (Wildman–Crippen LogP) is 3.51. The van der Waals surface area contributed by atoms with E-state index >= 15 is 0 Å². The number of nitrogens with one attached hydrogen (secondary N) is 1. The lowest BCUT2D eigenvalue weighted by atomic mass is 10.0. The highest BCUT2D eigenvalue weighted by Gasteiger charge is 2.26. The van der Waals surface area contributed by atoms with E-state index in [0.29, 0.717) is 16.5 Å². The molecule has 1 atom stereocenters. The van der Waals surface area contributed by atoms with Crippen LogP contribution in [0, 0.1) is 5.82 Å². The molecule has 0 unspecified atom stereocenters. The van der Waals surface area contributed by atoms with Crippen molar-refractivity contribution in [2.24, 2.45) is 7.05 Å². The smallest absolute Gasteiger partial charge is 0.335 e. The fourth-order valence-corrected chi connectivity index (χ4v) is 4.72. The van der Waals surface area contributed by atoms with Crippen LogP contribution < -0.4 is 21.5 Å². The van der Waals surface area contributed by atoms with Gasteiger partial charge in [-0.1, -0.05) is 36.4 Å². The van der Waals surface area contributed by atoms with Gasteiger partial charge in [-0.2, -0.15) is 0 Å². The Balaban J connectivity index is 1.64. The number of esters is 2. The molecule has 0 aliphatic carbocycles. The van der Waals surface area contributed by atoms with E-state index in [1.54, 1.807) is 31.3 Å². The van der Waals surface area contributed by atoms with Crippen LogP contribution in [0.1, 0.15) is 22.8 Å². The van der Waals surface area contributed by atoms with Crippen molar-refractivity contribution in [1.29, 1.82) is 0 Å². The lowest BCUT2D eigenvalue weighted by molar-refractivity contribution is -0.166. The summed E-state index contributed by atoms with van der Waals surface area (Å²) in [6.07, 6.45) is -0.151. The van der Waals surface area contributed by atoms with E-state index in [-0.39, 0.29) is 22.7 Å². The van der Waals surface area contributed by atoms with E-state index in [9.17, 15) is 28.4 Å². The number of aromatic nitrogens is 2. The first-order chi connectivity index (χ1) is 21.3. The molecule has 234 valence electrons. The molecule has 45 heavy (non-hydrogen) atoms. The van der Waals surface area contributed by atoms with Crippen molar-refractivity contribution in [3.63, 3.8) is 0 Å². The van der Waals surface area contributed by atoms with Crippen LogP contribution in [0.15, 0.2) is 82.4 Å². The average molecular weight is 637 g/mol. The first-order valence-electron chi connectivity index (χ1n) is 13.6. The molecule has 3 aromatic carbocycles. The zero-order valence-corrected chi connectivity index (χ0v) is 25.7. The molecule has 1 amide bonds. The van der Waals surface area contributed by atoms with Gasteiger partial charge in [-0.3, -0.25) is 14.2 Å². The molecule has 0 bridgehead atoms. The second-order valence-electron chi connectivity index (χ2n) is 10.4. The van der Waals surface area contributed by atoms with Crippen molar-refractivity contribution in [2.45, 2.75) is 19.4 Å². The van der Waals surface area contributed by atoms with Crippen LogP contribution in [-0.4, -0.2) is 53.9 Å². The highest BCUT2D eigenvalue weighted by molar-refractivity contribution is 6.33. The average Bonchev–Trinajstić information content (AvgIpc) is 2.99. The first-order valence-corrected chi connectivity index (χ1v) is 13.9. The Morgan fingerprint density at radius 3 is 2.36 bits per heavy atom. The van der Waals surface area contributed by atoms with Crippen molar-refractivity contribution >= 4 is 46.0 Å². The van der Waals surface area contributed by atoms with Gasteiger partial charge < -0.3 is 19.7 Å². The molecule has 0 saturated heterocycles. The van der Waals surface area contributed by atoms with Crippen LogP contribution >= 0.6 is 11.6 Å². The van der Waals surface area contributed by atoms with Gasteiger partial charge in [0.15, 0.2) is 0 Å². The number of fused-ring (bicyclic) bond motifs is 1. The molecular formula is C32H30ClFN4O7. The van der Waals surface area contributed by atoms with Crippen molar-refractivity contribution in [3.05, 3.63) is 116 Å². The second kappa shape index (κ2) is 13.6. The summed E-state index contributed by atoms with van der Waals surface area (Å²) >= 11 is 6.03. The van der Waals surface area contributed by atoms with Gasteiger partial charge in [0.1, 0.15) is 11.9 Å². The molecule has 0 aliphatic heterocycles. The molecule has 0 aliphatic rings. The zero-order chi connectivity index (χ0) is 33.0. The molecule has 4 rings (SSSR count). The summed E-state index contributed by atoms with van der Waals surface area (Å²) in [6, 6.07) is 13.7. The Labute approximate surface area is 262 Å². The van der Waals surface area contributed by atoms with Crippen molar-refractivity contribution < 1.29 is 28.2 Å². The summed E-state index contributed by atoms with van der Waals surface area (Å²) in [6.45, 7) is 4.10. The third-order valence-corrected chi connectivity index (χ3v) is 7.24. The molecule has 0 fully saturated rings. The first kappa shape index (κ1) is 32.7. The molecule has 1 N–H and O–H groups in total. The molecular weight excluding hydrogens is 607 g/mol. The Morgan fingerprint density at radius 2 is 1.73 bits per heavy atom. The number of aryl methyl sites for hydroxylation is 1. The van der Waals surface area contributed by atoms with Crippen molar-refractivity contribution in [3.8, 4) is 5.69 Å². The maximum absolute atomic E-state index is 14.4. The van der Waals surface area contributed by atoms with Crippen molar-refractivity contribution in [2.75, 3.05) is 25.8 Å². The molecule has 0 radical (unpaired) electrons. The van der Waals surface area contributed by atoms with Gasteiger partial charge in [0.25, 0.3) is 11.5 Å². The molecule has 4 aromatic rings. The maximum Gasteiger partial charge on any atom is 0.335 e. The Morgan fingerprint density at radius 1 is 1.04 bits per heavy atom. The van der Waals surface area contributed by atoms with E-state index in [2.05, 4.69) is 11.9 Å². The Bertz CT molecular complexity index is 1910. The van der Waals surface area contributed by atoms with Crippen LogP contribution in [0.4, 0.5) is 10.1 Å². The summed E-state index contributed by atoms with van der Waals surface area (Å²) in [5, 5.41) is 2.60. The molecule has 0 spiro atoms. The summed E-state index contributed by atoms with van der Waals surface area (Å²) in [4.78, 5) is 66.1. The van der Waals surface area contributed by atoms with Crippen LogP contribution in [0.3, 0.4) is 0 Å². The molecule has 11 nitrogen and oxygen atoms in total. The van der Waals surface area contributed by atoms with Gasteiger partial charge in [0.2, 0.25) is 6.79 Å². The van der Waals surface area contributed by atoms with Gasteiger partial charge in [0, 0.05) is 38.8 Å². The van der Waals surface area contributed by atoms with Gasteiger partial charge in [0.05, 0.1) is 27.2 Å². The number of carbonyl (C=O) groups is 3. The normalized spacial score (nSPS) is 11.5. The summed E-state index contributed by atoms with van der Waals surface area (Å²) < 4.78 is 26.7. The fraction of sp³-hybridized carbons (Fsp3) is 0.219. The van der Waals surface area contributed by atoms with Crippen LogP contribution in [-0.2, 0) is 32.5 Å². The quantitative estimate of drug-likeness (QED) is 0.159. The predicted molar refractivity (Wildman–Crippen MR) is 167 cm³/mol. The number of rotatable bonds is 10. The number of ether oxygens (including phenoxy) is 2. The number of hydrogen-bond acceptors (Lipinski definition) is 8. The van der Waals surface area contributed by atoms with E-state index in [1.807, 2.05) is 25.1 Å². The molecule has 1 heterocycles. The van der Waals surface area contributed by atoms with Gasteiger partial charge >= 0.3 is 17.6 Å². The third-order valence-electron chi connectivity index (χ3n) is 6.92. The number of hydrogen-bond donors (Lipinski definition) is 1. The summed E-state index contributed by atoms with van der Waals surface area (Å²) in [7, 11) is 5.25. The lowest BCUT2D eigenvalue weighted by Gasteiger charge is -2.19. The maximum atomic E-state index is 14.4. The minimum absolute atomic E-state index is 0.0867. The number of nitrogens with zero attached hydrogens (tertiary/aromatic N) is 3. The van der Waals surface area contributed by atoms with Crippen LogP contribution in [0.5, 0.6) is 0 Å². The Kier molecular flexibility index (Phi) is 9.88. The van der Waals surface area contributed by atoms with Gasteiger partial charge in [-0.05, 0) is 55.0 Å². The number of benzene rings is 3. The SMILES string of the molecule is C=C(C)C(=O)OCOC(=O)[C@H](Cc1ccc(-n2c(=O)c3cc(N(C)C)ccc3n(C)c2=O)cc1)NC(=O)c1c(F)cccc1Cl. The number of carbonyl (C=O) groups excluding carboxylic acids is 3. The second-order valence-corrected chi connectivity index (χ2v) is 10.8. The molecule has 0 saturated carbocycles. The topological polar surface area (TPSA) is 129 Å². The van der Waals surface area contributed by atoms with Gasteiger partial charge in [-0.15, -0.1) is 0 Å². The van der Waals surface area contributed by atoms with Gasteiger partial charge in [-0.25, -0.2) is 23.3 Å². The van der Waals surface area contributed by atoms with Crippen LogP contribution in [0.25, 0.3) is 16.6 Å².